The zero-order valence-corrected chi connectivity index (χ0v) is 43.3. The first kappa shape index (κ1) is 53.2. The Labute approximate surface area is 428 Å². The third-order valence-corrected chi connectivity index (χ3v) is 12.3. The molecule has 7 rings (SSSR count). The van der Waals surface area contributed by atoms with Gasteiger partial charge in [-0.25, -0.2) is 19.2 Å². The summed E-state index contributed by atoms with van der Waals surface area (Å²) in [6, 6.07) is 36.5. The minimum absolute atomic E-state index is 0.172. The summed E-state index contributed by atoms with van der Waals surface area (Å²) in [5.74, 6) is -0.262. The SMILES string of the molecule is CCOC(=O)COc1c2cc(C)cc1Cc1cc(C(C)(C)C)cc(c1OCC(=O)OCC)Cc1cc(-c3ccccc3)cc(c1OCC(=O)OCC)Cc1cc(-c3ccccc3)cc(c1OCC(=O)OCC)C2. The van der Waals surface area contributed by atoms with Gasteiger partial charge in [0, 0.05) is 25.7 Å². The van der Waals surface area contributed by atoms with Gasteiger partial charge in [-0.2, -0.15) is 0 Å². The minimum Gasteiger partial charge on any atom is -0.481 e. The van der Waals surface area contributed by atoms with Crippen LogP contribution in [0.15, 0.2) is 109 Å². The maximum Gasteiger partial charge on any atom is 0.344 e. The van der Waals surface area contributed by atoms with E-state index in [-0.39, 0.29) is 84.0 Å². The van der Waals surface area contributed by atoms with E-state index in [2.05, 4.69) is 57.2 Å². The van der Waals surface area contributed by atoms with Crippen LogP contribution in [0.3, 0.4) is 0 Å². The van der Waals surface area contributed by atoms with Crippen LogP contribution >= 0.6 is 0 Å². The number of hydrogen-bond acceptors (Lipinski definition) is 12. The molecule has 0 atom stereocenters. The van der Waals surface area contributed by atoms with Crippen molar-refractivity contribution in [3.63, 3.8) is 0 Å². The van der Waals surface area contributed by atoms with E-state index >= 15 is 0 Å². The van der Waals surface area contributed by atoms with Crippen LogP contribution in [-0.4, -0.2) is 76.7 Å². The molecule has 0 saturated carbocycles. The largest absolute Gasteiger partial charge is 0.481 e. The molecule has 12 heteroatoms. The number of benzene rings is 6. The highest BCUT2D eigenvalue weighted by Crippen LogP contribution is 2.43. The molecule has 0 heterocycles. The van der Waals surface area contributed by atoms with Gasteiger partial charge in [0.15, 0.2) is 26.4 Å². The van der Waals surface area contributed by atoms with Crippen molar-refractivity contribution in [1.82, 2.24) is 0 Å². The Hall–Kier alpha value is -7.60. The summed E-state index contributed by atoms with van der Waals surface area (Å²) in [4.78, 5) is 52.8. The van der Waals surface area contributed by atoms with Crippen LogP contribution in [0.25, 0.3) is 22.3 Å². The van der Waals surface area contributed by atoms with E-state index in [4.69, 9.17) is 37.9 Å². The summed E-state index contributed by atoms with van der Waals surface area (Å²) in [5.41, 5.74) is 11.2. The standard InChI is InChI=1S/C61H66O12/c1-9-66-53(62)35-70-57-44-23-39(5)24-45(57)30-50-33-52(61(6,7)8)34-51(60(50)73-38-56(65)69-12-4)32-49-28-43(41-21-17-14-18-22-41)27-48(59(49)72-37-55(64)68-11-3)31-47-26-42(40-19-15-13-16-20-40)25-46(29-44)58(47)71-36-54(63)67-10-2/h13-28,33-34H,9-12,29-32,35-38H2,1-8H3. The molecule has 382 valence electrons. The van der Waals surface area contributed by atoms with E-state index in [0.717, 1.165) is 77.9 Å². The molecular formula is C61H66O12. The Morgan fingerprint density at radius 2 is 0.644 bits per heavy atom. The van der Waals surface area contributed by atoms with Gasteiger partial charge >= 0.3 is 23.9 Å². The van der Waals surface area contributed by atoms with Gasteiger partial charge in [0.05, 0.1) is 26.4 Å². The van der Waals surface area contributed by atoms with Gasteiger partial charge in [-0.05, 0) is 137 Å². The highest BCUT2D eigenvalue weighted by molar-refractivity contribution is 5.76. The zero-order valence-electron chi connectivity index (χ0n) is 43.3. The predicted octanol–water partition coefficient (Wildman–Crippen LogP) is 11.1. The van der Waals surface area contributed by atoms with Crippen LogP contribution in [-0.2, 0) is 69.2 Å². The molecule has 6 aromatic carbocycles. The van der Waals surface area contributed by atoms with Crippen LogP contribution in [0, 0.1) is 6.92 Å². The minimum atomic E-state index is -0.534. The lowest BCUT2D eigenvalue weighted by Crippen LogP contribution is -2.19. The Morgan fingerprint density at radius 1 is 0.384 bits per heavy atom. The summed E-state index contributed by atoms with van der Waals surface area (Å²) in [7, 11) is 0. The lowest BCUT2D eigenvalue weighted by atomic mass is 9.82. The van der Waals surface area contributed by atoms with Crippen LogP contribution in [0.4, 0.5) is 0 Å². The molecule has 73 heavy (non-hydrogen) atoms. The van der Waals surface area contributed by atoms with E-state index in [9.17, 15) is 19.2 Å². The average Bonchev–Trinajstić information content (AvgIpc) is 3.35. The Balaban J connectivity index is 1.61. The fourth-order valence-corrected chi connectivity index (χ4v) is 9.17. The predicted molar refractivity (Wildman–Crippen MR) is 280 cm³/mol. The van der Waals surface area contributed by atoms with Gasteiger partial charge in [0.1, 0.15) is 23.0 Å². The highest BCUT2D eigenvalue weighted by Gasteiger charge is 2.28. The monoisotopic (exact) mass is 990 g/mol. The number of esters is 4. The molecule has 1 aliphatic rings. The van der Waals surface area contributed by atoms with E-state index in [1.165, 1.54) is 0 Å². The highest BCUT2D eigenvalue weighted by atomic mass is 16.6. The normalized spacial score (nSPS) is 12.0. The Kier molecular flexibility index (Phi) is 18.0. The van der Waals surface area contributed by atoms with E-state index < -0.39 is 23.9 Å². The second kappa shape index (κ2) is 24.7. The van der Waals surface area contributed by atoms with Gasteiger partial charge < -0.3 is 37.9 Å². The van der Waals surface area contributed by atoms with Crippen LogP contribution < -0.4 is 18.9 Å². The summed E-state index contributed by atoms with van der Waals surface area (Å²) < 4.78 is 48.1. The van der Waals surface area contributed by atoms with Gasteiger partial charge in [0.2, 0.25) is 0 Å². The van der Waals surface area contributed by atoms with Crippen molar-refractivity contribution in [2.24, 2.45) is 0 Å². The van der Waals surface area contributed by atoms with Crippen LogP contribution in [0.2, 0.25) is 0 Å². The molecule has 0 aromatic heterocycles. The number of carbonyl (C=O) groups excluding carboxylic acids is 4. The lowest BCUT2D eigenvalue weighted by molar-refractivity contribution is -0.146. The van der Waals surface area contributed by atoms with Crippen molar-refractivity contribution in [1.29, 1.82) is 0 Å². The van der Waals surface area contributed by atoms with Gasteiger partial charge in [0.25, 0.3) is 0 Å². The van der Waals surface area contributed by atoms with Crippen molar-refractivity contribution in [3.8, 4) is 45.3 Å². The molecule has 0 aliphatic heterocycles. The molecule has 6 aromatic rings. The molecule has 0 saturated heterocycles. The average molecular weight is 991 g/mol. The second-order valence-corrected chi connectivity index (χ2v) is 18.8. The molecule has 12 nitrogen and oxygen atoms in total. The van der Waals surface area contributed by atoms with Gasteiger partial charge in [-0.15, -0.1) is 0 Å². The maximum atomic E-state index is 13.3. The summed E-state index contributed by atoms with van der Waals surface area (Å²) in [6.07, 6.45) is 0.931. The number of ether oxygens (including phenoxy) is 8. The Bertz CT molecular complexity index is 2920. The molecule has 0 radical (unpaired) electrons. The lowest BCUT2D eigenvalue weighted by Gasteiger charge is -2.26. The summed E-state index contributed by atoms with van der Waals surface area (Å²) in [6.45, 7) is 14.7. The fourth-order valence-electron chi connectivity index (χ4n) is 9.17. The molecule has 0 fully saturated rings. The first-order valence-corrected chi connectivity index (χ1v) is 25.0. The molecule has 1 aliphatic carbocycles. The quantitative estimate of drug-likeness (QED) is 0.0596. The number of fused-ring (bicyclic) bond motifs is 8. The summed E-state index contributed by atoms with van der Waals surface area (Å²) in [5, 5.41) is 0. The molecule has 0 N–H and O–H groups in total. The Morgan fingerprint density at radius 3 is 0.904 bits per heavy atom. The van der Waals surface area contributed by atoms with Crippen molar-refractivity contribution in [2.45, 2.75) is 86.5 Å². The molecule has 0 unspecified atom stereocenters. The van der Waals surface area contributed by atoms with Crippen molar-refractivity contribution in [3.05, 3.63) is 165 Å². The molecule has 8 bridgehead atoms. The fraction of sp³-hybridized carbons (Fsp3) is 0.344. The number of carbonyl (C=O) groups is 4. The number of rotatable bonds is 18. The first-order valence-electron chi connectivity index (χ1n) is 25.0. The van der Waals surface area contributed by atoms with Crippen molar-refractivity contribution in [2.75, 3.05) is 52.9 Å². The third kappa shape index (κ3) is 13.9. The smallest absolute Gasteiger partial charge is 0.344 e. The van der Waals surface area contributed by atoms with Crippen LogP contribution in [0.5, 0.6) is 23.0 Å². The van der Waals surface area contributed by atoms with Gasteiger partial charge in [-0.1, -0.05) is 111 Å². The van der Waals surface area contributed by atoms with E-state index in [1.54, 1.807) is 27.7 Å². The first-order chi connectivity index (χ1) is 35.2. The molecule has 0 amide bonds. The zero-order chi connectivity index (χ0) is 52.1. The van der Waals surface area contributed by atoms with Crippen molar-refractivity contribution < 1.29 is 57.1 Å². The maximum absolute atomic E-state index is 13.3. The van der Waals surface area contributed by atoms with Crippen LogP contribution in [0.1, 0.15) is 104 Å². The number of aryl methyl sites for hydroxylation is 1. The third-order valence-electron chi connectivity index (χ3n) is 12.3. The molecule has 0 spiro atoms. The second-order valence-electron chi connectivity index (χ2n) is 18.8. The number of hydrogen-bond donors (Lipinski definition) is 0. The van der Waals surface area contributed by atoms with Crippen molar-refractivity contribution >= 4 is 23.9 Å². The van der Waals surface area contributed by atoms with E-state index in [1.807, 2.05) is 79.7 Å². The topological polar surface area (TPSA) is 142 Å². The van der Waals surface area contributed by atoms with Gasteiger partial charge in [-0.3, -0.25) is 0 Å². The summed E-state index contributed by atoms with van der Waals surface area (Å²) >= 11 is 0. The van der Waals surface area contributed by atoms with E-state index in [0.29, 0.717) is 23.0 Å². The molecular weight excluding hydrogens is 925 g/mol.